The lowest BCUT2D eigenvalue weighted by molar-refractivity contribution is -0.136. The molecule has 6 nitrogen and oxygen atoms in total. The Hall–Kier alpha value is -1.44. The van der Waals surface area contributed by atoms with E-state index < -0.39 is 10.0 Å². The van der Waals surface area contributed by atoms with E-state index in [1.54, 1.807) is 24.3 Å². The Morgan fingerprint density at radius 2 is 1.96 bits per heavy atom. The summed E-state index contributed by atoms with van der Waals surface area (Å²) in [6.45, 7) is 6.73. The molecule has 7 heteroatoms. The number of amides is 1. The molecule has 2 unspecified atom stereocenters. The maximum absolute atomic E-state index is 12.9. The van der Waals surface area contributed by atoms with Crippen molar-refractivity contribution in [1.82, 2.24) is 9.21 Å². The molecule has 1 aromatic rings. The molecular formula is C19H29N3O3S. The summed E-state index contributed by atoms with van der Waals surface area (Å²) in [7, 11) is -3.55. The molecule has 0 saturated carbocycles. The van der Waals surface area contributed by atoms with Crippen LogP contribution in [0.1, 0.15) is 31.7 Å². The van der Waals surface area contributed by atoms with Crippen LogP contribution in [0.25, 0.3) is 0 Å². The molecular weight excluding hydrogens is 350 g/mol. The van der Waals surface area contributed by atoms with E-state index in [4.69, 9.17) is 5.73 Å². The number of likely N-dealkylation sites (tertiary alicyclic amines) is 1. The first-order chi connectivity index (χ1) is 12.2. The molecule has 0 radical (unpaired) electrons. The number of carbonyl (C=O) groups excluding carboxylic acids is 1. The summed E-state index contributed by atoms with van der Waals surface area (Å²) in [5, 5.41) is 0. The minimum atomic E-state index is -3.55. The standard InChI is InChI=1S/C19H29N3O3S/c1-15-5-7-17(8-6-15)26(24,25)22-10-3-4-16(12-22)18(23)21-11-9-19(2,13-20)14-21/h5-8,16H,3-4,9-14,20H2,1-2H3. The van der Waals surface area contributed by atoms with Gasteiger partial charge in [-0.3, -0.25) is 4.79 Å². The quantitative estimate of drug-likeness (QED) is 0.861. The fourth-order valence-electron chi connectivity index (χ4n) is 3.86. The molecule has 1 aromatic carbocycles. The summed E-state index contributed by atoms with van der Waals surface area (Å²) in [5.74, 6) is -0.185. The van der Waals surface area contributed by atoms with Gasteiger partial charge in [0.25, 0.3) is 0 Å². The predicted molar refractivity (Wildman–Crippen MR) is 101 cm³/mol. The van der Waals surface area contributed by atoms with Crippen LogP contribution in [0.15, 0.2) is 29.2 Å². The van der Waals surface area contributed by atoms with Crippen LogP contribution in [-0.4, -0.2) is 56.3 Å². The molecule has 0 aliphatic carbocycles. The lowest BCUT2D eigenvalue weighted by Gasteiger charge is -2.33. The lowest BCUT2D eigenvalue weighted by atomic mass is 9.90. The predicted octanol–water partition coefficient (Wildman–Crippen LogP) is 1.59. The van der Waals surface area contributed by atoms with Crippen molar-refractivity contribution >= 4 is 15.9 Å². The van der Waals surface area contributed by atoms with Gasteiger partial charge in [0.1, 0.15) is 0 Å². The third kappa shape index (κ3) is 3.80. The minimum Gasteiger partial charge on any atom is -0.342 e. The van der Waals surface area contributed by atoms with Crippen LogP contribution in [0.2, 0.25) is 0 Å². The number of rotatable bonds is 4. The molecule has 1 amide bonds. The number of nitrogens with zero attached hydrogens (tertiary/aromatic N) is 2. The van der Waals surface area contributed by atoms with E-state index in [-0.39, 0.29) is 23.8 Å². The number of nitrogens with two attached hydrogens (primary N) is 1. The molecule has 2 atom stereocenters. The number of hydrogen-bond acceptors (Lipinski definition) is 4. The maximum Gasteiger partial charge on any atom is 0.243 e. The smallest absolute Gasteiger partial charge is 0.243 e. The molecule has 3 rings (SSSR count). The van der Waals surface area contributed by atoms with E-state index in [0.717, 1.165) is 18.4 Å². The first-order valence-corrected chi connectivity index (χ1v) is 10.7. The van der Waals surface area contributed by atoms with E-state index in [1.807, 2.05) is 11.8 Å². The fraction of sp³-hybridized carbons (Fsp3) is 0.632. The summed E-state index contributed by atoms with van der Waals surface area (Å²) in [6, 6.07) is 6.89. The number of sulfonamides is 1. The van der Waals surface area contributed by atoms with Gasteiger partial charge >= 0.3 is 0 Å². The topological polar surface area (TPSA) is 83.7 Å². The molecule has 2 heterocycles. The summed E-state index contributed by atoms with van der Waals surface area (Å²) in [5.41, 5.74) is 6.84. The third-order valence-electron chi connectivity index (χ3n) is 5.75. The number of carbonyl (C=O) groups is 1. The van der Waals surface area contributed by atoms with Crippen molar-refractivity contribution < 1.29 is 13.2 Å². The second kappa shape index (κ2) is 7.29. The van der Waals surface area contributed by atoms with Crippen molar-refractivity contribution in [2.24, 2.45) is 17.1 Å². The van der Waals surface area contributed by atoms with Gasteiger partial charge in [0.15, 0.2) is 0 Å². The number of hydrogen-bond donors (Lipinski definition) is 1. The van der Waals surface area contributed by atoms with Crippen molar-refractivity contribution in [3.05, 3.63) is 29.8 Å². The summed E-state index contributed by atoms with van der Waals surface area (Å²) in [6.07, 6.45) is 2.37. The molecule has 0 aromatic heterocycles. The lowest BCUT2D eigenvalue weighted by Crippen LogP contribution is -2.46. The molecule has 2 saturated heterocycles. The van der Waals surface area contributed by atoms with E-state index >= 15 is 0 Å². The Labute approximate surface area is 156 Å². The van der Waals surface area contributed by atoms with Crippen molar-refractivity contribution in [1.29, 1.82) is 0 Å². The Bertz CT molecular complexity index is 763. The normalized spacial score (nSPS) is 27.7. The highest BCUT2D eigenvalue weighted by atomic mass is 32.2. The third-order valence-corrected chi connectivity index (χ3v) is 7.63. The average Bonchev–Trinajstić information content (AvgIpc) is 3.04. The maximum atomic E-state index is 12.9. The second-order valence-electron chi connectivity index (χ2n) is 8.04. The highest BCUT2D eigenvalue weighted by Gasteiger charge is 2.40. The summed E-state index contributed by atoms with van der Waals surface area (Å²) >= 11 is 0. The van der Waals surface area contributed by atoms with Gasteiger partial charge in [0.2, 0.25) is 15.9 Å². The van der Waals surface area contributed by atoms with Crippen molar-refractivity contribution in [3.8, 4) is 0 Å². The minimum absolute atomic E-state index is 0.0159. The largest absolute Gasteiger partial charge is 0.342 e. The highest BCUT2D eigenvalue weighted by molar-refractivity contribution is 7.89. The Balaban J connectivity index is 1.71. The van der Waals surface area contributed by atoms with Gasteiger partial charge in [-0.25, -0.2) is 8.42 Å². The van der Waals surface area contributed by atoms with Gasteiger partial charge in [-0.15, -0.1) is 0 Å². The van der Waals surface area contributed by atoms with Crippen LogP contribution >= 0.6 is 0 Å². The van der Waals surface area contributed by atoms with Crippen LogP contribution < -0.4 is 5.73 Å². The van der Waals surface area contributed by atoms with Gasteiger partial charge in [-0.1, -0.05) is 24.6 Å². The zero-order valence-electron chi connectivity index (χ0n) is 15.6. The number of piperidine rings is 1. The highest BCUT2D eigenvalue weighted by Crippen LogP contribution is 2.31. The first-order valence-electron chi connectivity index (χ1n) is 9.31. The van der Waals surface area contributed by atoms with Crippen LogP contribution in [-0.2, 0) is 14.8 Å². The summed E-state index contributed by atoms with van der Waals surface area (Å²) in [4.78, 5) is 15.1. The van der Waals surface area contributed by atoms with Crippen molar-refractivity contribution in [2.75, 3.05) is 32.7 Å². The Kier molecular flexibility index (Phi) is 5.42. The van der Waals surface area contributed by atoms with E-state index in [2.05, 4.69) is 6.92 Å². The summed E-state index contributed by atoms with van der Waals surface area (Å²) < 4.78 is 27.3. The molecule has 0 spiro atoms. The van der Waals surface area contributed by atoms with Crippen molar-refractivity contribution in [3.63, 3.8) is 0 Å². The van der Waals surface area contributed by atoms with E-state index in [9.17, 15) is 13.2 Å². The van der Waals surface area contributed by atoms with Crippen LogP contribution in [0.5, 0.6) is 0 Å². The van der Waals surface area contributed by atoms with Crippen LogP contribution in [0, 0.1) is 18.3 Å². The number of benzene rings is 1. The fourth-order valence-corrected chi connectivity index (χ4v) is 5.38. The van der Waals surface area contributed by atoms with Gasteiger partial charge in [0, 0.05) is 26.2 Å². The van der Waals surface area contributed by atoms with Crippen LogP contribution in [0.3, 0.4) is 0 Å². The average molecular weight is 380 g/mol. The molecule has 2 N–H and O–H groups in total. The van der Waals surface area contributed by atoms with E-state index in [1.165, 1.54) is 4.31 Å². The molecule has 26 heavy (non-hydrogen) atoms. The molecule has 0 bridgehead atoms. The number of aryl methyl sites for hydroxylation is 1. The molecule has 2 fully saturated rings. The zero-order chi connectivity index (χ0) is 18.9. The van der Waals surface area contributed by atoms with Gasteiger partial charge in [-0.05, 0) is 50.3 Å². The molecule has 144 valence electrons. The van der Waals surface area contributed by atoms with E-state index in [0.29, 0.717) is 37.5 Å². The second-order valence-corrected chi connectivity index (χ2v) is 9.98. The molecule has 2 aliphatic heterocycles. The Morgan fingerprint density at radius 3 is 2.58 bits per heavy atom. The monoisotopic (exact) mass is 379 g/mol. The SMILES string of the molecule is Cc1ccc(S(=O)(=O)N2CCCC(C(=O)N3CCC(C)(CN)C3)C2)cc1. The van der Waals surface area contributed by atoms with Gasteiger partial charge in [0.05, 0.1) is 10.8 Å². The zero-order valence-corrected chi connectivity index (χ0v) is 16.5. The Morgan fingerprint density at radius 1 is 1.27 bits per heavy atom. The van der Waals surface area contributed by atoms with Crippen LogP contribution in [0.4, 0.5) is 0 Å². The first kappa shape index (κ1) is 19.3. The van der Waals surface area contributed by atoms with Crippen molar-refractivity contribution in [2.45, 2.75) is 38.0 Å². The van der Waals surface area contributed by atoms with Gasteiger partial charge < -0.3 is 10.6 Å². The van der Waals surface area contributed by atoms with Gasteiger partial charge in [-0.2, -0.15) is 4.31 Å². The molecule has 2 aliphatic rings.